The monoisotopic (exact) mass is 129 g/mol. The summed E-state index contributed by atoms with van der Waals surface area (Å²) in [5.74, 6) is 0. The molecule has 1 aromatic heterocycles. The Morgan fingerprint density at radius 2 is 2.33 bits per heavy atom. The molecule has 1 amide bonds. The van der Waals surface area contributed by atoms with Crippen molar-refractivity contribution in [2.24, 2.45) is 5.73 Å². The molecule has 1 rings (SSSR count). The summed E-state index contributed by atoms with van der Waals surface area (Å²) in [6.45, 7) is 0. The second-order valence-corrected chi connectivity index (χ2v) is 1.10. The highest BCUT2D eigenvalue weighted by molar-refractivity contribution is 5.61. The summed E-state index contributed by atoms with van der Waals surface area (Å²) < 4.78 is 0. The molecule has 0 saturated carbocycles. The van der Waals surface area contributed by atoms with Gasteiger partial charge in [-0.3, -0.25) is 5.10 Å². The molecule has 50 valence electrons. The van der Waals surface area contributed by atoms with Gasteiger partial charge in [-0.1, -0.05) is 0 Å². The molecule has 0 atom stereocenters. The molecule has 4 N–H and O–H groups in total. The average molecular weight is 129 g/mol. The lowest BCUT2D eigenvalue weighted by atomic mass is 10.8. The third-order valence-electron chi connectivity index (χ3n) is 0.406. The van der Waals surface area contributed by atoms with Crippen molar-refractivity contribution in [3.8, 4) is 0 Å². The van der Waals surface area contributed by atoms with Gasteiger partial charge in [0.25, 0.3) is 0 Å². The van der Waals surface area contributed by atoms with Crippen LogP contribution in [0.15, 0.2) is 18.5 Å². The maximum absolute atomic E-state index is 8.78. The molecule has 5 heteroatoms. The molecule has 1 heterocycles. The van der Waals surface area contributed by atoms with E-state index in [1.54, 1.807) is 12.4 Å². The summed E-state index contributed by atoms with van der Waals surface area (Å²) in [5, 5.41) is 13.4. The van der Waals surface area contributed by atoms with E-state index < -0.39 is 6.09 Å². The van der Waals surface area contributed by atoms with Gasteiger partial charge in [0.05, 0.1) is 0 Å². The van der Waals surface area contributed by atoms with Crippen LogP contribution in [0.3, 0.4) is 0 Å². The summed E-state index contributed by atoms with van der Waals surface area (Å²) in [6.07, 6.45) is 2.12. The second-order valence-electron chi connectivity index (χ2n) is 1.10. The van der Waals surface area contributed by atoms with Crippen molar-refractivity contribution in [2.45, 2.75) is 0 Å². The van der Waals surface area contributed by atoms with Gasteiger partial charge in [-0.25, -0.2) is 4.79 Å². The zero-order chi connectivity index (χ0) is 7.11. The predicted octanol–water partition coefficient (Wildman–Crippen LogP) is 0.0328. The van der Waals surface area contributed by atoms with Crippen LogP contribution >= 0.6 is 0 Å². The van der Waals surface area contributed by atoms with E-state index >= 15 is 0 Å². The number of aromatic nitrogens is 2. The van der Waals surface area contributed by atoms with Crippen molar-refractivity contribution in [1.82, 2.24) is 10.2 Å². The van der Waals surface area contributed by atoms with Gasteiger partial charge in [0, 0.05) is 12.4 Å². The minimum atomic E-state index is -1.33. The molecule has 0 aliphatic carbocycles. The standard InChI is InChI=1S/C3H4N2.CH3NO2/c1-2-4-5-3-1;2-1(3)4/h1-3H,(H,4,5);2H2,(H,3,4). The first-order chi connectivity index (χ1) is 4.23. The van der Waals surface area contributed by atoms with Crippen LogP contribution in [-0.2, 0) is 0 Å². The molecule has 1 aromatic rings. The van der Waals surface area contributed by atoms with Crippen LogP contribution in [-0.4, -0.2) is 21.4 Å². The van der Waals surface area contributed by atoms with Gasteiger partial charge in [0.2, 0.25) is 0 Å². The molecule has 0 bridgehead atoms. The molecular weight excluding hydrogens is 122 g/mol. The van der Waals surface area contributed by atoms with Crippen molar-refractivity contribution in [3.63, 3.8) is 0 Å². The fourth-order valence-corrected chi connectivity index (χ4v) is 0.215. The van der Waals surface area contributed by atoms with Crippen LogP contribution in [0.4, 0.5) is 4.79 Å². The molecule has 0 aromatic carbocycles. The lowest BCUT2D eigenvalue weighted by Crippen LogP contribution is -2.03. The van der Waals surface area contributed by atoms with Gasteiger partial charge in [-0.15, -0.1) is 0 Å². The fraction of sp³-hybridized carbons (Fsp3) is 0. The molecule has 9 heavy (non-hydrogen) atoms. The Bertz CT molecular complexity index is 128. The van der Waals surface area contributed by atoms with E-state index in [2.05, 4.69) is 15.9 Å². The van der Waals surface area contributed by atoms with Crippen molar-refractivity contribution >= 4 is 6.09 Å². The van der Waals surface area contributed by atoms with Crippen LogP contribution < -0.4 is 5.73 Å². The number of hydrogen-bond donors (Lipinski definition) is 3. The number of primary amides is 1. The van der Waals surface area contributed by atoms with Crippen LogP contribution in [0.25, 0.3) is 0 Å². The SMILES string of the molecule is NC(=O)O.c1cn[nH]c1. The number of rotatable bonds is 0. The van der Waals surface area contributed by atoms with Gasteiger partial charge in [0.15, 0.2) is 0 Å². The Labute approximate surface area is 51.5 Å². The summed E-state index contributed by atoms with van der Waals surface area (Å²) >= 11 is 0. The van der Waals surface area contributed by atoms with Crippen LogP contribution in [0.1, 0.15) is 0 Å². The van der Waals surface area contributed by atoms with E-state index in [1.807, 2.05) is 6.07 Å². The number of aromatic amines is 1. The molecule has 0 unspecified atom stereocenters. The second kappa shape index (κ2) is 4.63. The quantitative estimate of drug-likeness (QED) is 0.461. The van der Waals surface area contributed by atoms with E-state index in [1.165, 1.54) is 0 Å². The Hall–Kier alpha value is -1.52. The zero-order valence-electron chi connectivity index (χ0n) is 4.61. The molecule has 0 saturated heterocycles. The number of nitrogens with one attached hydrogen (secondary N) is 1. The van der Waals surface area contributed by atoms with Gasteiger partial charge in [-0.05, 0) is 6.07 Å². The fourth-order valence-electron chi connectivity index (χ4n) is 0.215. The highest BCUT2D eigenvalue weighted by Gasteiger charge is 1.65. The highest BCUT2D eigenvalue weighted by Crippen LogP contribution is 1.64. The van der Waals surface area contributed by atoms with Gasteiger partial charge in [-0.2, -0.15) is 5.10 Å². The normalized spacial score (nSPS) is 7.11. The van der Waals surface area contributed by atoms with Crippen molar-refractivity contribution < 1.29 is 9.90 Å². The number of nitrogens with zero attached hydrogens (tertiary/aromatic N) is 1. The molecular formula is C4H7N3O2. The maximum atomic E-state index is 8.78. The van der Waals surface area contributed by atoms with E-state index in [9.17, 15) is 0 Å². The van der Waals surface area contributed by atoms with Gasteiger partial charge in [0.1, 0.15) is 0 Å². The number of hydrogen-bond acceptors (Lipinski definition) is 2. The number of carboxylic acid groups (broad SMARTS) is 1. The molecule has 0 fully saturated rings. The molecule has 0 spiro atoms. The highest BCUT2D eigenvalue weighted by atomic mass is 16.4. The lowest BCUT2D eigenvalue weighted by Gasteiger charge is -1.61. The van der Waals surface area contributed by atoms with Crippen molar-refractivity contribution in [2.75, 3.05) is 0 Å². The Kier molecular flexibility index (Phi) is 3.85. The summed E-state index contributed by atoms with van der Waals surface area (Å²) in [7, 11) is 0. The van der Waals surface area contributed by atoms with Crippen LogP contribution in [0.2, 0.25) is 0 Å². The van der Waals surface area contributed by atoms with E-state index in [0.29, 0.717) is 0 Å². The first-order valence-electron chi connectivity index (χ1n) is 2.15. The minimum absolute atomic E-state index is 1.33. The number of amides is 1. The Morgan fingerprint density at radius 1 is 1.78 bits per heavy atom. The third kappa shape index (κ3) is 10.7. The van der Waals surface area contributed by atoms with E-state index in [0.717, 1.165) is 0 Å². The van der Waals surface area contributed by atoms with Crippen molar-refractivity contribution in [1.29, 1.82) is 0 Å². The van der Waals surface area contributed by atoms with E-state index in [-0.39, 0.29) is 0 Å². The van der Waals surface area contributed by atoms with Gasteiger partial charge < -0.3 is 10.8 Å². The van der Waals surface area contributed by atoms with Gasteiger partial charge >= 0.3 is 6.09 Å². The summed E-state index contributed by atoms with van der Waals surface area (Å²) in [6, 6.07) is 1.83. The third-order valence-corrected chi connectivity index (χ3v) is 0.406. The molecule has 0 aliphatic heterocycles. The number of carbonyl (C=O) groups is 1. The Balaban J connectivity index is 0.000000148. The molecule has 0 aliphatic rings. The first kappa shape index (κ1) is 7.48. The number of H-pyrrole nitrogens is 1. The number of nitrogens with two attached hydrogens (primary N) is 1. The zero-order valence-corrected chi connectivity index (χ0v) is 4.61. The largest absolute Gasteiger partial charge is 0.465 e. The summed E-state index contributed by atoms with van der Waals surface area (Å²) in [4.78, 5) is 8.78. The average Bonchev–Trinajstić information content (AvgIpc) is 2.11. The lowest BCUT2D eigenvalue weighted by molar-refractivity contribution is 0.205. The van der Waals surface area contributed by atoms with Crippen LogP contribution in [0.5, 0.6) is 0 Å². The molecule has 5 nitrogen and oxygen atoms in total. The molecule has 0 radical (unpaired) electrons. The van der Waals surface area contributed by atoms with E-state index in [4.69, 9.17) is 9.90 Å². The van der Waals surface area contributed by atoms with Crippen LogP contribution in [0, 0.1) is 0 Å². The summed E-state index contributed by atoms with van der Waals surface area (Å²) in [5.41, 5.74) is 4.03. The Morgan fingerprint density at radius 3 is 2.44 bits per heavy atom. The first-order valence-corrected chi connectivity index (χ1v) is 2.15. The maximum Gasteiger partial charge on any atom is 0.402 e. The minimum Gasteiger partial charge on any atom is -0.465 e. The predicted molar refractivity (Wildman–Crippen MR) is 30.8 cm³/mol. The smallest absolute Gasteiger partial charge is 0.402 e. The van der Waals surface area contributed by atoms with Crippen molar-refractivity contribution in [3.05, 3.63) is 18.5 Å². The topological polar surface area (TPSA) is 92.0 Å².